The summed E-state index contributed by atoms with van der Waals surface area (Å²) in [7, 11) is 0. The fourth-order valence-corrected chi connectivity index (χ4v) is 9.03. The minimum absolute atomic E-state index is 0.0570. The number of hydrogen-bond acceptors (Lipinski definition) is 19. The van der Waals surface area contributed by atoms with Crippen molar-refractivity contribution in [2.24, 2.45) is 52.3 Å². The Bertz CT molecular complexity index is 1980. The zero-order valence-electron chi connectivity index (χ0n) is 47.0. The van der Waals surface area contributed by atoms with Crippen LogP contribution in [0.4, 0.5) is 0 Å². The van der Waals surface area contributed by atoms with Crippen LogP contribution in [0.5, 0.6) is 0 Å². The molecule has 0 aromatic rings. The van der Waals surface area contributed by atoms with Gasteiger partial charge in [0.2, 0.25) is 47.3 Å². The largest absolute Gasteiger partial charge is 0.394 e. The number of rotatable bonds is 30. The number of ketones is 3. The van der Waals surface area contributed by atoms with E-state index in [2.05, 4.69) is 49.5 Å². The molecule has 79 heavy (non-hydrogen) atoms. The molecule has 452 valence electrons. The maximum Gasteiger partial charge on any atom is 0.245 e. The maximum atomic E-state index is 14.4. The fraction of sp³-hybridized carbons (Fsp3) is 0.788. The number of unbranched alkanes of at least 4 members (excludes halogenated alkanes) is 4. The molecule has 0 radical (unpaired) electrons. The minimum Gasteiger partial charge on any atom is -0.394 e. The number of Topliss-reactive ketones (excluding diaryl/α,β-unsaturated/α-hetero) is 3. The molecule has 1 rings (SSSR count). The predicted molar refractivity (Wildman–Crippen MR) is 292 cm³/mol. The van der Waals surface area contributed by atoms with Crippen LogP contribution in [0.3, 0.4) is 0 Å². The Hall–Kier alpha value is -5.55. The second-order valence-corrected chi connectivity index (χ2v) is 20.9. The first-order valence-electron chi connectivity index (χ1n) is 27.9. The summed E-state index contributed by atoms with van der Waals surface area (Å²) in [5.74, 6) is -12.4. The van der Waals surface area contributed by atoms with Gasteiger partial charge in [0, 0.05) is 50.0 Å². The number of nitrogens with one attached hydrogen (secondary N) is 8. The number of aliphatic hydroxyl groups is 3. The van der Waals surface area contributed by atoms with Gasteiger partial charge < -0.3 is 86.5 Å². The standard InChI is InChI=1S/C52H95N13O14/c1-6-7-8-9-10-11-35(69)25-32(12-18-53)46(73)64-43(30(4)67)42(71)26-33(13-19-54)45(72)60-39-17-23-58-48(75)40(28-66)63-50(77)37(15-21-56)61-49(76)38(16-22-57)62-52(79)44(31(5)68)65-47(74)34(24-29(2)3)27-41(70)36(14-20-55)59-51(39)78/h29-34,36-40,43-44,66-68H,6-28,53-57H2,1-5H3,(H,58,75)(H,59,78)(H,60,72)(H,61,76)(H,62,79)(H,63,77)(H,64,73)(H,65,74)/t30-,31-,32-,33-,34+,36+,37+,38+,39+,40+,43+,44+/m1/s1. The van der Waals surface area contributed by atoms with E-state index in [9.17, 15) is 68.1 Å². The van der Waals surface area contributed by atoms with E-state index in [0.29, 0.717) is 6.42 Å². The van der Waals surface area contributed by atoms with Crippen LogP contribution >= 0.6 is 0 Å². The van der Waals surface area contributed by atoms with E-state index in [4.69, 9.17) is 28.7 Å². The average Bonchev–Trinajstić information content (AvgIpc) is 3.38. The summed E-state index contributed by atoms with van der Waals surface area (Å²) in [6, 6.07) is -10.7. The average molecular weight is 1130 g/mol. The number of carbonyl (C=O) groups excluding carboxylic acids is 11. The molecule has 8 amide bonds. The zero-order chi connectivity index (χ0) is 59.8. The van der Waals surface area contributed by atoms with E-state index in [0.717, 1.165) is 25.7 Å². The van der Waals surface area contributed by atoms with Crippen molar-refractivity contribution in [1.29, 1.82) is 0 Å². The van der Waals surface area contributed by atoms with Crippen LogP contribution in [0.15, 0.2) is 0 Å². The molecular formula is C52H95N13O14. The summed E-state index contributed by atoms with van der Waals surface area (Å²) in [6.07, 6.45) is -0.309. The first-order valence-corrected chi connectivity index (χ1v) is 27.9. The molecule has 1 saturated heterocycles. The van der Waals surface area contributed by atoms with Crippen molar-refractivity contribution in [3.63, 3.8) is 0 Å². The summed E-state index contributed by atoms with van der Waals surface area (Å²) in [6.45, 7) is 6.15. The lowest BCUT2D eigenvalue weighted by molar-refractivity contribution is -0.138. The number of aliphatic hydroxyl groups excluding tert-OH is 3. The highest BCUT2D eigenvalue weighted by Crippen LogP contribution is 2.20. The van der Waals surface area contributed by atoms with Gasteiger partial charge in [0.05, 0.1) is 24.9 Å². The summed E-state index contributed by atoms with van der Waals surface area (Å²) < 4.78 is 0. The number of amides is 8. The van der Waals surface area contributed by atoms with Crippen LogP contribution in [0.1, 0.15) is 137 Å². The highest BCUT2D eigenvalue weighted by Gasteiger charge is 2.38. The number of nitrogens with two attached hydrogens (primary N) is 5. The third-order valence-corrected chi connectivity index (χ3v) is 13.5. The molecule has 1 fully saturated rings. The molecule has 0 aromatic carbocycles. The predicted octanol–water partition coefficient (Wildman–Crippen LogP) is -4.47. The van der Waals surface area contributed by atoms with Crippen molar-refractivity contribution in [3.05, 3.63) is 0 Å². The monoisotopic (exact) mass is 1130 g/mol. The quantitative estimate of drug-likeness (QED) is 0.0302. The lowest BCUT2D eigenvalue weighted by Crippen LogP contribution is -2.60. The molecule has 0 unspecified atom stereocenters. The molecule has 0 saturated carbocycles. The molecule has 0 aliphatic carbocycles. The van der Waals surface area contributed by atoms with Crippen LogP contribution in [0, 0.1) is 23.7 Å². The second kappa shape index (κ2) is 38.9. The molecule has 21 N–H and O–H groups in total. The van der Waals surface area contributed by atoms with E-state index in [1.807, 2.05) is 0 Å². The van der Waals surface area contributed by atoms with Crippen molar-refractivity contribution >= 4 is 64.6 Å². The van der Waals surface area contributed by atoms with E-state index in [1.54, 1.807) is 13.8 Å². The Labute approximate surface area is 464 Å². The number of carbonyl (C=O) groups is 11. The molecule has 27 nitrogen and oxygen atoms in total. The van der Waals surface area contributed by atoms with Gasteiger partial charge >= 0.3 is 0 Å². The third kappa shape index (κ3) is 26.5. The van der Waals surface area contributed by atoms with Crippen LogP contribution in [-0.4, -0.2) is 180 Å². The molecule has 1 aliphatic rings. The molecule has 0 spiro atoms. The molecule has 0 aromatic heterocycles. The highest BCUT2D eigenvalue weighted by molar-refractivity contribution is 5.99. The molecule has 12 atom stereocenters. The van der Waals surface area contributed by atoms with Gasteiger partial charge in [0.25, 0.3) is 0 Å². The smallest absolute Gasteiger partial charge is 0.245 e. The van der Waals surface area contributed by atoms with Gasteiger partial charge in [-0.2, -0.15) is 0 Å². The summed E-state index contributed by atoms with van der Waals surface area (Å²) in [5.41, 5.74) is 29.1. The van der Waals surface area contributed by atoms with Gasteiger partial charge in [-0.25, -0.2) is 0 Å². The van der Waals surface area contributed by atoms with Crippen molar-refractivity contribution in [1.82, 2.24) is 42.5 Å². The molecule has 1 heterocycles. The van der Waals surface area contributed by atoms with E-state index < -0.39 is 163 Å². The van der Waals surface area contributed by atoms with Crippen LogP contribution < -0.4 is 71.2 Å². The summed E-state index contributed by atoms with van der Waals surface area (Å²) in [4.78, 5) is 152. The normalized spacial score (nSPS) is 23.6. The second-order valence-electron chi connectivity index (χ2n) is 20.9. The Morgan fingerprint density at radius 1 is 0.620 bits per heavy atom. The zero-order valence-corrected chi connectivity index (χ0v) is 47.0. The topological polar surface area (TPSA) is 475 Å². The fourth-order valence-electron chi connectivity index (χ4n) is 9.03. The Morgan fingerprint density at radius 3 is 1.67 bits per heavy atom. The van der Waals surface area contributed by atoms with Gasteiger partial charge in [-0.05, 0) is 104 Å². The lowest BCUT2D eigenvalue weighted by Gasteiger charge is -2.28. The van der Waals surface area contributed by atoms with Crippen molar-refractivity contribution in [2.75, 3.05) is 45.9 Å². The van der Waals surface area contributed by atoms with Crippen LogP contribution in [0.25, 0.3) is 0 Å². The Morgan fingerprint density at radius 2 is 1.15 bits per heavy atom. The first kappa shape index (κ1) is 71.5. The Kier molecular flexibility index (Phi) is 35.2. The van der Waals surface area contributed by atoms with Gasteiger partial charge in [-0.1, -0.05) is 46.5 Å². The van der Waals surface area contributed by atoms with E-state index in [1.165, 1.54) is 13.8 Å². The molecule has 1 aliphatic heterocycles. The van der Waals surface area contributed by atoms with Crippen LogP contribution in [-0.2, 0) is 52.7 Å². The van der Waals surface area contributed by atoms with Crippen molar-refractivity contribution < 1.29 is 68.1 Å². The summed E-state index contributed by atoms with van der Waals surface area (Å²) >= 11 is 0. The minimum atomic E-state index is -1.68. The maximum absolute atomic E-state index is 14.4. The van der Waals surface area contributed by atoms with Gasteiger partial charge in [0.1, 0.15) is 42.0 Å². The molecule has 0 bridgehead atoms. The molecular weight excluding hydrogens is 1030 g/mol. The molecule has 27 heteroatoms. The summed E-state index contributed by atoms with van der Waals surface area (Å²) in [5, 5.41) is 51.6. The number of hydrogen-bond donors (Lipinski definition) is 16. The lowest BCUT2D eigenvalue weighted by atomic mass is 9.88. The van der Waals surface area contributed by atoms with Crippen molar-refractivity contribution in [3.8, 4) is 0 Å². The van der Waals surface area contributed by atoms with Gasteiger partial charge in [-0.15, -0.1) is 0 Å². The SMILES string of the molecule is CCCCCCCC(=O)C[C@@H](CCN)C(=O)N[C@H](C(=O)C[C@@H](CCN)C(=O)N[C@H]1CCNC(=O)[C@H](CO)NC(=O)[C@H](CCN)NC(=O)[C@H](CCN)NC(=O)[C@H]([C@@H](C)O)NC(=O)[C@@H](CC(C)C)CC(=O)[C@H](CCN)NC1=O)[C@@H](C)O. The van der Waals surface area contributed by atoms with Gasteiger partial charge in [-0.3, -0.25) is 52.7 Å². The van der Waals surface area contributed by atoms with E-state index >= 15 is 0 Å². The Balaban J connectivity index is 3.76. The van der Waals surface area contributed by atoms with E-state index in [-0.39, 0.29) is 95.8 Å². The van der Waals surface area contributed by atoms with Gasteiger partial charge in [0.15, 0.2) is 11.6 Å². The highest BCUT2D eigenvalue weighted by atomic mass is 16.3. The van der Waals surface area contributed by atoms with Crippen molar-refractivity contribution in [2.45, 2.75) is 192 Å². The third-order valence-electron chi connectivity index (χ3n) is 13.5. The van der Waals surface area contributed by atoms with Crippen LogP contribution in [0.2, 0.25) is 0 Å². The first-order chi connectivity index (χ1) is 37.4.